The van der Waals surface area contributed by atoms with E-state index in [9.17, 15) is 4.79 Å². The van der Waals surface area contributed by atoms with Crippen LogP contribution in [-0.4, -0.2) is 19.8 Å². The third-order valence-electron chi connectivity index (χ3n) is 4.91. The van der Waals surface area contributed by atoms with Crippen molar-refractivity contribution in [1.29, 1.82) is 0 Å². The van der Waals surface area contributed by atoms with Gasteiger partial charge in [-0.25, -0.2) is 4.79 Å². The molecule has 0 fully saturated rings. The highest BCUT2D eigenvalue weighted by atomic mass is 16.6. The van der Waals surface area contributed by atoms with Crippen LogP contribution in [0.15, 0.2) is 51.7 Å². The van der Waals surface area contributed by atoms with Gasteiger partial charge in [-0.2, -0.15) is 0 Å². The van der Waals surface area contributed by atoms with Gasteiger partial charge in [-0.1, -0.05) is 25.1 Å². The number of fused-ring (bicyclic) bond motifs is 2. The Balaban J connectivity index is 1.41. The van der Waals surface area contributed by atoms with Crippen LogP contribution in [0.2, 0.25) is 0 Å². The summed E-state index contributed by atoms with van der Waals surface area (Å²) in [6, 6.07) is 13.8. The van der Waals surface area contributed by atoms with Crippen molar-refractivity contribution >= 4 is 11.0 Å². The molecule has 0 amide bonds. The molecule has 0 unspecified atom stereocenters. The van der Waals surface area contributed by atoms with Crippen LogP contribution in [0, 0.1) is 0 Å². The third kappa shape index (κ3) is 3.98. The van der Waals surface area contributed by atoms with Crippen LogP contribution < -0.4 is 20.4 Å². The molecule has 0 bridgehead atoms. The van der Waals surface area contributed by atoms with Gasteiger partial charge >= 0.3 is 5.63 Å². The fraction of sp³-hybridized carbons (Fsp3) is 0.318. The summed E-state index contributed by atoms with van der Waals surface area (Å²) in [6.07, 6.45) is 1.85. The van der Waals surface area contributed by atoms with Gasteiger partial charge in [0, 0.05) is 23.4 Å². The van der Waals surface area contributed by atoms with Crippen molar-refractivity contribution in [1.82, 2.24) is 0 Å². The number of quaternary nitrogens is 1. The van der Waals surface area contributed by atoms with Gasteiger partial charge in [0.25, 0.3) is 0 Å². The van der Waals surface area contributed by atoms with Gasteiger partial charge in [0.1, 0.15) is 25.3 Å². The Kier molecular flexibility index (Phi) is 5.12. The van der Waals surface area contributed by atoms with Gasteiger partial charge in [-0.15, -0.1) is 0 Å². The van der Waals surface area contributed by atoms with E-state index in [1.165, 1.54) is 11.1 Å². The van der Waals surface area contributed by atoms with Crippen LogP contribution in [-0.2, 0) is 19.4 Å². The van der Waals surface area contributed by atoms with Gasteiger partial charge in [-0.3, -0.25) is 0 Å². The third-order valence-corrected chi connectivity index (χ3v) is 4.91. The maximum atomic E-state index is 11.9. The summed E-state index contributed by atoms with van der Waals surface area (Å²) in [7, 11) is 0. The second-order valence-corrected chi connectivity index (χ2v) is 6.78. The Bertz CT molecular complexity index is 1010. The largest absolute Gasteiger partial charge is 0.486 e. The van der Waals surface area contributed by atoms with E-state index in [1.807, 2.05) is 12.1 Å². The predicted molar refractivity (Wildman–Crippen MR) is 103 cm³/mol. The number of rotatable bonds is 6. The Morgan fingerprint density at radius 2 is 1.78 bits per heavy atom. The lowest BCUT2D eigenvalue weighted by atomic mass is 10.1. The maximum Gasteiger partial charge on any atom is 0.336 e. The van der Waals surface area contributed by atoms with E-state index in [2.05, 4.69) is 36.5 Å². The SMILES string of the molecule is CCc1ccc2c(C[NH2+]CCc3ccc4c(c3)OCCO4)cc(=O)oc2c1. The minimum atomic E-state index is -0.286. The highest BCUT2D eigenvalue weighted by molar-refractivity contribution is 5.80. The molecule has 0 atom stereocenters. The Morgan fingerprint density at radius 1 is 0.963 bits per heavy atom. The molecule has 2 aromatic carbocycles. The molecule has 0 saturated heterocycles. The van der Waals surface area contributed by atoms with Crippen LogP contribution in [0.5, 0.6) is 11.5 Å². The lowest BCUT2D eigenvalue weighted by Gasteiger charge is -2.18. The van der Waals surface area contributed by atoms with E-state index in [0.29, 0.717) is 18.8 Å². The minimum Gasteiger partial charge on any atom is -0.486 e. The van der Waals surface area contributed by atoms with Crippen molar-refractivity contribution in [2.75, 3.05) is 19.8 Å². The van der Waals surface area contributed by atoms with Crippen molar-refractivity contribution in [2.24, 2.45) is 0 Å². The first-order valence-electron chi connectivity index (χ1n) is 9.49. The number of hydrogen-bond donors (Lipinski definition) is 1. The fourth-order valence-electron chi connectivity index (χ4n) is 3.43. The monoisotopic (exact) mass is 366 g/mol. The molecule has 3 aromatic rings. The zero-order valence-electron chi connectivity index (χ0n) is 15.5. The molecule has 0 saturated carbocycles. The van der Waals surface area contributed by atoms with E-state index in [0.717, 1.165) is 48.4 Å². The molecule has 1 aliphatic rings. The first-order valence-corrected chi connectivity index (χ1v) is 9.49. The van der Waals surface area contributed by atoms with E-state index in [-0.39, 0.29) is 5.63 Å². The van der Waals surface area contributed by atoms with Crippen molar-refractivity contribution in [3.8, 4) is 11.5 Å². The van der Waals surface area contributed by atoms with E-state index < -0.39 is 0 Å². The summed E-state index contributed by atoms with van der Waals surface area (Å²) < 4.78 is 16.6. The summed E-state index contributed by atoms with van der Waals surface area (Å²) in [5, 5.41) is 3.24. The van der Waals surface area contributed by atoms with E-state index in [4.69, 9.17) is 13.9 Å². The molecule has 5 nitrogen and oxygen atoms in total. The summed E-state index contributed by atoms with van der Waals surface area (Å²) >= 11 is 0. The molecule has 1 aromatic heterocycles. The zero-order valence-corrected chi connectivity index (χ0v) is 15.5. The maximum absolute atomic E-state index is 11.9. The average Bonchev–Trinajstić information content (AvgIpc) is 2.70. The van der Waals surface area contributed by atoms with Crippen molar-refractivity contribution in [3.05, 3.63) is 69.6 Å². The molecule has 4 rings (SSSR count). The smallest absolute Gasteiger partial charge is 0.336 e. The topological polar surface area (TPSA) is 65.3 Å². The second kappa shape index (κ2) is 7.84. The van der Waals surface area contributed by atoms with Crippen LogP contribution in [0.3, 0.4) is 0 Å². The van der Waals surface area contributed by atoms with Gasteiger partial charge in [0.05, 0.1) is 6.54 Å². The van der Waals surface area contributed by atoms with Crippen molar-refractivity contribution < 1.29 is 19.2 Å². The number of ether oxygens (including phenoxy) is 2. The molecule has 1 aliphatic heterocycles. The molecule has 5 heteroatoms. The molecular weight excluding hydrogens is 342 g/mol. The molecule has 2 heterocycles. The lowest BCUT2D eigenvalue weighted by molar-refractivity contribution is -0.670. The Labute approximate surface area is 157 Å². The van der Waals surface area contributed by atoms with Gasteiger partial charge < -0.3 is 19.2 Å². The minimum absolute atomic E-state index is 0.286. The molecular formula is C22H24NO4+. The molecule has 0 aliphatic carbocycles. The molecule has 140 valence electrons. The van der Waals surface area contributed by atoms with E-state index >= 15 is 0 Å². The Hall–Kier alpha value is -2.79. The van der Waals surface area contributed by atoms with Gasteiger partial charge in [-0.05, 0) is 35.7 Å². The van der Waals surface area contributed by atoms with E-state index in [1.54, 1.807) is 6.07 Å². The fourth-order valence-corrected chi connectivity index (χ4v) is 3.43. The molecule has 0 radical (unpaired) electrons. The number of benzene rings is 2. The highest BCUT2D eigenvalue weighted by Crippen LogP contribution is 2.30. The molecule has 2 N–H and O–H groups in total. The van der Waals surface area contributed by atoms with Crippen LogP contribution in [0.25, 0.3) is 11.0 Å². The predicted octanol–water partition coefficient (Wildman–Crippen LogP) is 2.43. The summed E-state index contributed by atoms with van der Waals surface area (Å²) in [5.74, 6) is 1.65. The average molecular weight is 366 g/mol. The lowest BCUT2D eigenvalue weighted by Crippen LogP contribution is -2.83. The van der Waals surface area contributed by atoms with Gasteiger partial charge in [0.2, 0.25) is 0 Å². The zero-order chi connectivity index (χ0) is 18.6. The van der Waals surface area contributed by atoms with Crippen LogP contribution in [0.4, 0.5) is 0 Å². The highest BCUT2D eigenvalue weighted by Gasteiger charge is 2.12. The number of aryl methyl sites for hydroxylation is 1. The normalized spacial score (nSPS) is 13.1. The molecule has 27 heavy (non-hydrogen) atoms. The van der Waals surface area contributed by atoms with Crippen LogP contribution in [0.1, 0.15) is 23.6 Å². The van der Waals surface area contributed by atoms with Crippen molar-refractivity contribution in [2.45, 2.75) is 26.3 Å². The number of hydrogen-bond acceptors (Lipinski definition) is 4. The quantitative estimate of drug-likeness (QED) is 0.538. The Morgan fingerprint density at radius 3 is 2.63 bits per heavy atom. The standard InChI is InChI=1S/C22H23NO4/c1-2-15-3-5-18-17(13-22(24)27-20(18)11-15)14-23-8-7-16-4-6-19-21(12-16)26-10-9-25-19/h3-6,11-13,23H,2,7-10,14H2,1H3/p+1. The van der Waals surface area contributed by atoms with Gasteiger partial charge in [0.15, 0.2) is 11.5 Å². The first kappa shape index (κ1) is 17.6. The first-order chi connectivity index (χ1) is 13.2. The van der Waals surface area contributed by atoms with Crippen molar-refractivity contribution in [3.63, 3.8) is 0 Å². The summed E-state index contributed by atoms with van der Waals surface area (Å²) in [5.41, 5.74) is 3.81. The summed E-state index contributed by atoms with van der Waals surface area (Å²) in [4.78, 5) is 11.9. The summed E-state index contributed by atoms with van der Waals surface area (Å²) in [6.45, 7) is 4.98. The molecule has 0 spiro atoms. The second-order valence-electron chi connectivity index (χ2n) is 6.78. The van der Waals surface area contributed by atoms with Crippen LogP contribution >= 0.6 is 0 Å². The number of nitrogens with two attached hydrogens (primary N) is 1.